The second-order valence-electron chi connectivity index (χ2n) is 6.14. The Morgan fingerprint density at radius 1 is 1.20 bits per heavy atom. The summed E-state index contributed by atoms with van der Waals surface area (Å²) in [6, 6.07) is 6.90. The lowest BCUT2D eigenvalue weighted by atomic mass is 10.1. The molecule has 3 heteroatoms. The van der Waals surface area contributed by atoms with Gasteiger partial charge in [-0.2, -0.15) is 0 Å². The molecule has 2 aliphatic rings. The molecule has 0 spiro atoms. The number of benzene rings is 1. The van der Waals surface area contributed by atoms with Crippen LogP contribution in [0, 0.1) is 0 Å². The standard InChI is InChI=1S/C17H25ClN2/c18-15-6-7-16-14(13-15)5-8-17(16)19-9-4-12-20-10-2-1-3-11-20/h6-7,13,17,19H,1-5,8-12H2. The summed E-state index contributed by atoms with van der Waals surface area (Å²) >= 11 is 6.06. The fraction of sp³-hybridized carbons (Fsp3) is 0.647. The molecule has 1 atom stereocenters. The van der Waals surface area contributed by atoms with Crippen LogP contribution in [0.4, 0.5) is 0 Å². The first-order valence-corrected chi connectivity index (χ1v) is 8.45. The van der Waals surface area contributed by atoms with Crippen molar-refractivity contribution in [1.82, 2.24) is 10.2 Å². The van der Waals surface area contributed by atoms with Crippen LogP contribution in [0.25, 0.3) is 0 Å². The summed E-state index contributed by atoms with van der Waals surface area (Å²) in [6.45, 7) is 5.01. The van der Waals surface area contributed by atoms with Crippen LogP contribution in [-0.4, -0.2) is 31.1 Å². The van der Waals surface area contributed by atoms with Crippen LogP contribution in [0.15, 0.2) is 18.2 Å². The number of hydrogen-bond acceptors (Lipinski definition) is 2. The van der Waals surface area contributed by atoms with E-state index in [9.17, 15) is 0 Å². The summed E-state index contributed by atoms with van der Waals surface area (Å²) in [5, 5.41) is 4.60. The minimum atomic E-state index is 0.545. The van der Waals surface area contributed by atoms with Crippen LogP contribution in [0.1, 0.15) is 49.3 Å². The number of aryl methyl sites for hydroxylation is 1. The van der Waals surface area contributed by atoms with E-state index in [1.165, 1.54) is 69.3 Å². The van der Waals surface area contributed by atoms with Gasteiger partial charge in [0.1, 0.15) is 0 Å². The van der Waals surface area contributed by atoms with Gasteiger partial charge in [-0.05, 0) is 81.5 Å². The van der Waals surface area contributed by atoms with Crippen LogP contribution >= 0.6 is 11.6 Å². The van der Waals surface area contributed by atoms with E-state index in [0.29, 0.717) is 6.04 Å². The molecule has 2 nitrogen and oxygen atoms in total. The first kappa shape index (κ1) is 14.4. The number of fused-ring (bicyclic) bond motifs is 1. The number of halogens is 1. The molecule has 0 bridgehead atoms. The van der Waals surface area contributed by atoms with Gasteiger partial charge < -0.3 is 10.2 Å². The number of nitrogens with one attached hydrogen (secondary N) is 1. The highest BCUT2D eigenvalue weighted by Gasteiger charge is 2.21. The molecular weight excluding hydrogens is 268 g/mol. The minimum absolute atomic E-state index is 0.545. The molecule has 1 aromatic rings. The van der Waals surface area contributed by atoms with Crippen LogP contribution in [-0.2, 0) is 6.42 Å². The van der Waals surface area contributed by atoms with Crippen molar-refractivity contribution < 1.29 is 0 Å². The second kappa shape index (κ2) is 6.93. The van der Waals surface area contributed by atoms with Crippen molar-refractivity contribution in [2.24, 2.45) is 0 Å². The summed E-state index contributed by atoms with van der Waals surface area (Å²) in [4.78, 5) is 2.62. The molecule has 1 aliphatic carbocycles. The lowest BCUT2D eigenvalue weighted by molar-refractivity contribution is 0.225. The molecule has 1 N–H and O–H groups in total. The molecule has 0 saturated carbocycles. The number of hydrogen-bond donors (Lipinski definition) is 1. The van der Waals surface area contributed by atoms with Gasteiger partial charge in [0.15, 0.2) is 0 Å². The summed E-state index contributed by atoms with van der Waals surface area (Å²) < 4.78 is 0. The van der Waals surface area contributed by atoms with E-state index >= 15 is 0 Å². The Bertz CT molecular complexity index is 441. The quantitative estimate of drug-likeness (QED) is 0.831. The molecule has 0 radical (unpaired) electrons. The van der Waals surface area contributed by atoms with Crippen LogP contribution in [0.2, 0.25) is 5.02 Å². The van der Waals surface area contributed by atoms with Gasteiger partial charge in [0.2, 0.25) is 0 Å². The maximum atomic E-state index is 6.06. The zero-order valence-electron chi connectivity index (χ0n) is 12.2. The molecule has 110 valence electrons. The SMILES string of the molecule is Clc1ccc2c(c1)CCC2NCCCN1CCCCC1. The van der Waals surface area contributed by atoms with Crippen molar-refractivity contribution in [3.8, 4) is 0 Å². The Morgan fingerprint density at radius 2 is 2.05 bits per heavy atom. The summed E-state index contributed by atoms with van der Waals surface area (Å²) in [7, 11) is 0. The summed E-state index contributed by atoms with van der Waals surface area (Å²) in [6.07, 6.45) is 7.86. The number of rotatable bonds is 5. The zero-order valence-corrected chi connectivity index (χ0v) is 13.0. The topological polar surface area (TPSA) is 15.3 Å². The van der Waals surface area contributed by atoms with Gasteiger partial charge in [-0.1, -0.05) is 24.1 Å². The Hall–Kier alpha value is -0.570. The molecule has 0 aromatic heterocycles. The molecule has 1 unspecified atom stereocenters. The van der Waals surface area contributed by atoms with E-state index in [1.807, 2.05) is 6.07 Å². The first-order chi connectivity index (χ1) is 9.83. The van der Waals surface area contributed by atoms with Gasteiger partial charge in [0.05, 0.1) is 0 Å². The number of likely N-dealkylation sites (tertiary alicyclic amines) is 1. The largest absolute Gasteiger partial charge is 0.310 e. The van der Waals surface area contributed by atoms with Crippen LogP contribution in [0.5, 0.6) is 0 Å². The Morgan fingerprint density at radius 3 is 2.90 bits per heavy atom. The second-order valence-corrected chi connectivity index (χ2v) is 6.58. The molecular formula is C17H25ClN2. The van der Waals surface area contributed by atoms with Gasteiger partial charge >= 0.3 is 0 Å². The number of piperidine rings is 1. The van der Waals surface area contributed by atoms with Crippen LogP contribution in [0.3, 0.4) is 0 Å². The lowest BCUT2D eigenvalue weighted by Crippen LogP contribution is -2.32. The van der Waals surface area contributed by atoms with E-state index in [1.54, 1.807) is 0 Å². The lowest BCUT2D eigenvalue weighted by Gasteiger charge is -2.26. The average Bonchev–Trinajstić information content (AvgIpc) is 2.87. The maximum Gasteiger partial charge on any atom is 0.0408 e. The van der Waals surface area contributed by atoms with E-state index in [-0.39, 0.29) is 0 Å². The Kier molecular flexibility index (Phi) is 4.98. The van der Waals surface area contributed by atoms with Gasteiger partial charge in [-0.25, -0.2) is 0 Å². The average molecular weight is 293 g/mol. The fourth-order valence-corrected chi connectivity index (χ4v) is 3.75. The summed E-state index contributed by atoms with van der Waals surface area (Å²) in [5.41, 5.74) is 2.90. The van der Waals surface area contributed by atoms with E-state index in [0.717, 1.165) is 11.6 Å². The van der Waals surface area contributed by atoms with Gasteiger partial charge in [-0.15, -0.1) is 0 Å². The Labute approximate surface area is 127 Å². The van der Waals surface area contributed by atoms with Gasteiger partial charge in [0.25, 0.3) is 0 Å². The minimum Gasteiger partial charge on any atom is -0.310 e. The third-order valence-electron chi connectivity index (χ3n) is 4.67. The third-order valence-corrected chi connectivity index (χ3v) is 4.91. The molecule has 20 heavy (non-hydrogen) atoms. The number of nitrogens with zero attached hydrogens (tertiary/aromatic N) is 1. The summed E-state index contributed by atoms with van der Waals surface area (Å²) in [5.74, 6) is 0. The van der Waals surface area contributed by atoms with Crippen molar-refractivity contribution >= 4 is 11.6 Å². The molecule has 3 rings (SSSR count). The smallest absolute Gasteiger partial charge is 0.0408 e. The van der Waals surface area contributed by atoms with Crippen molar-refractivity contribution in [3.63, 3.8) is 0 Å². The van der Waals surface area contributed by atoms with E-state index in [2.05, 4.69) is 22.3 Å². The molecule has 1 aromatic carbocycles. The predicted molar refractivity (Wildman–Crippen MR) is 85.4 cm³/mol. The Balaban J connectivity index is 1.41. The van der Waals surface area contributed by atoms with Crippen molar-refractivity contribution in [2.45, 2.75) is 44.6 Å². The van der Waals surface area contributed by atoms with E-state index < -0.39 is 0 Å². The molecule has 1 heterocycles. The van der Waals surface area contributed by atoms with E-state index in [4.69, 9.17) is 11.6 Å². The van der Waals surface area contributed by atoms with Crippen molar-refractivity contribution in [2.75, 3.05) is 26.2 Å². The molecule has 1 saturated heterocycles. The normalized spacial score (nSPS) is 22.9. The highest BCUT2D eigenvalue weighted by molar-refractivity contribution is 6.30. The highest BCUT2D eigenvalue weighted by atomic mass is 35.5. The maximum absolute atomic E-state index is 6.06. The molecule has 1 aliphatic heterocycles. The third kappa shape index (κ3) is 3.55. The zero-order chi connectivity index (χ0) is 13.8. The van der Waals surface area contributed by atoms with Gasteiger partial charge in [0, 0.05) is 11.1 Å². The van der Waals surface area contributed by atoms with Crippen molar-refractivity contribution in [3.05, 3.63) is 34.3 Å². The predicted octanol–water partition coefficient (Wildman–Crippen LogP) is 3.79. The van der Waals surface area contributed by atoms with Gasteiger partial charge in [-0.3, -0.25) is 0 Å². The fourth-order valence-electron chi connectivity index (χ4n) is 3.56. The monoisotopic (exact) mass is 292 g/mol. The highest BCUT2D eigenvalue weighted by Crippen LogP contribution is 2.32. The molecule has 1 fully saturated rings. The molecule has 0 amide bonds. The van der Waals surface area contributed by atoms with Crippen LogP contribution < -0.4 is 5.32 Å². The first-order valence-electron chi connectivity index (χ1n) is 8.07. The van der Waals surface area contributed by atoms with Crippen molar-refractivity contribution in [1.29, 1.82) is 0 Å².